The van der Waals surface area contributed by atoms with Gasteiger partial charge < -0.3 is 0 Å². The number of hydrogen-bond donors (Lipinski definition) is 0. The molecule has 2 rings (SSSR count). The van der Waals surface area contributed by atoms with Crippen LogP contribution in [0, 0.1) is 0 Å². The van der Waals surface area contributed by atoms with Crippen molar-refractivity contribution in [2.24, 2.45) is 0 Å². The quantitative estimate of drug-likeness (QED) is 0.664. The molecular formula is C16H14Cl2. The molecular weight excluding hydrogens is 263 g/mol. The summed E-state index contributed by atoms with van der Waals surface area (Å²) in [6.07, 6.45) is 4.23. The summed E-state index contributed by atoms with van der Waals surface area (Å²) in [5.41, 5.74) is 2.32. The van der Waals surface area contributed by atoms with Crippen molar-refractivity contribution < 1.29 is 0 Å². The summed E-state index contributed by atoms with van der Waals surface area (Å²) in [5, 5.41) is 1.53. The zero-order valence-corrected chi connectivity index (χ0v) is 11.6. The zero-order valence-electron chi connectivity index (χ0n) is 10.1. The van der Waals surface area contributed by atoms with Crippen LogP contribution in [0.4, 0.5) is 0 Å². The highest BCUT2D eigenvalue weighted by Crippen LogP contribution is 2.21. The minimum absolute atomic E-state index is 0.322. The van der Waals surface area contributed by atoms with E-state index in [0.717, 1.165) is 15.6 Å². The lowest BCUT2D eigenvalue weighted by molar-refractivity contribution is 0.973. The minimum atomic E-state index is 0.322. The van der Waals surface area contributed by atoms with Crippen LogP contribution >= 0.6 is 23.2 Å². The molecule has 0 saturated heterocycles. The van der Waals surface area contributed by atoms with Crippen LogP contribution in [0.25, 0.3) is 6.08 Å². The molecule has 2 aromatic rings. The van der Waals surface area contributed by atoms with Gasteiger partial charge in [0.15, 0.2) is 0 Å². The maximum absolute atomic E-state index is 5.99. The van der Waals surface area contributed by atoms with E-state index in [-0.39, 0.29) is 0 Å². The molecule has 0 radical (unpaired) electrons. The van der Waals surface area contributed by atoms with Crippen molar-refractivity contribution in [1.82, 2.24) is 0 Å². The predicted octanol–water partition coefficient (Wildman–Crippen LogP) is 5.81. The molecule has 0 aliphatic heterocycles. The maximum atomic E-state index is 5.99. The second kappa shape index (κ2) is 6.08. The van der Waals surface area contributed by atoms with E-state index in [0.29, 0.717) is 5.92 Å². The molecule has 0 fully saturated rings. The molecule has 2 heteroatoms. The Labute approximate surface area is 118 Å². The molecule has 0 nitrogen and oxygen atoms in total. The van der Waals surface area contributed by atoms with Gasteiger partial charge in [-0.25, -0.2) is 0 Å². The fraction of sp³-hybridized carbons (Fsp3) is 0.125. The molecule has 92 valence electrons. The van der Waals surface area contributed by atoms with Crippen molar-refractivity contribution in [1.29, 1.82) is 0 Å². The molecule has 0 aromatic heterocycles. The second-order valence-corrected chi connectivity index (χ2v) is 5.13. The highest BCUT2D eigenvalue weighted by Gasteiger charge is 2.01. The SMILES string of the molecule is CC(/C=C/c1cccc(Cl)c1)c1cccc(Cl)c1. The van der Waals surface area contributed by atoms with Crippen molar-refractivity contribution in [3.05, 3.63) is 75.8 Å². The summed E-state index contributed by atoms with van der Waals surface area (Å²) in [6.45, 7) is 2.15. The third-order valence-corrected chi connectivity index (χ3v) is 3.27. The number of halogens is 2. The first-order valence-corrected chi connectivity index (χ1v) is 6.60. The van der Waals surface area contributed by atoms with Gasteiger partial charge in [0.25, 0.3) is 0 Å². The van der Waals surface area contributed by atoms with E-state index < -0.39 is 0 Å². The Kier molecular flexibility index (Phi) is 4.46. The normalized spacial score (nSPS) is 12.8. The van der Waals surface area contributed by atoms with Gasteiger partial charge in [0.05, 0.1) is 0 Å². The van der Waals surface area contributed by atoms with E-state index in [9.17, 15) is 0 Å². The lowest BCUT2D eigenvalue weighted by Crippen LogP contribution is -1.88. The Morgan fingerprint density at radius 1 is 0.944 bits per heavy atom. The fourth-order valence-electron chi connectivity index (χ4n) is 1.77. The van der Waals surface area contributed by atoms with Crippen molar-refractivity contribution in [3.8, 4) is 0 Å². The van der Waals surface area contributed by atoms with Gasteiger partial charge in [0.2, 0.25) is 0 Å². The summed E-state index contributed by atoms with van der Waals surface area (Å²) >= 11 is 11.9. The zero-order chi connectivity index (χ0) is 13.0. The van der Waals surface area contributed by atoms with Crippen LogP contribution in [-0.4, -0.2) is 0 Å². The molecule has 0 bridgehead atoms. The van der Waals surface area contributed by atoms with Crippen LogP contribution in [0.3, 0.4) is 0 Å². The molecule has 0 aliphatic rings. The summed E-state index contributed by atoms with van der Waals surface area (Å²) in [6, 6.07) is 15.7. The molecule has 1 atom stereocenters. The summed E-state index contributed by atoms with van der Waals surface area (Å²) in [5.74, 6) is 0.322. The average Bonchev–Trinajstić information content (AvgIpc) is 2.36. The molecule has 18 heavy (non-hydrogen) atoms. The van der Waals surface area contributed by atoms with Gasteiger partial charge in [0.1, 0.15) is 0 Å². The third kappa shape index (κ3) is 3.63. The van der Waals surface area contributed by atoms with Crippen LogP contribution < -0.4 is 0 Å². The summed E-state index contributed by atoms with van der Waals surface area (Å²) in [7, 11) is 0. The van der Waals surface area contributed by atoms with E-state index in [1.54, 1.807) is 0 Å². The smallest absolute Gasteiger partial charge is 0.0411 e. The van der Waals surface area contributed by atoms with Gasteiger partial charge >= 0.3 is 0 Å². The van der Waals surface area contributed by atoms with Gasteiger partial charge in [-0.05, 0) is 41.3 Å². The van der Waals surface area contributed by atoms with Crippen LogP contribution in [0.15, 0.2) is 54.6 Å². The Morgan fingerprint density at radius 2 is 1.61 bits per heavy atom. The third-order valence-electron chi connectivity index (χ3n) is 2.80. The average molecular weight is 277 g/mol. The Morgan fingerprint density at radius 3 is 2.28 bits per heavy atom. The van der Waals surface area contributed by atoms with Gasteiger partial charge in [-0.1, -0.05) is 66.5 Å². The number of allylic oxidation sites excluding steroid dienone is 1. The molecule has 2 aromatic carbocycles. The Hall–Kier alpha value is -1.24. The first kappa shape index (κ1) is 13.2. The van der Waals surface area contributed by atoms with Gasteiger partial charge in [-0.15, -0.1) is 0 Å². The van der Waals surface area contributed by atoms with Gasteiger partial charge in [-0.2, -0.15) is 0 Å². The molecule has 0 amide bonds. The van der Waals surface area contributed by atoms with E-state index in [1.165, 1.54) is 5.56 Å². The maximum Gasteiger partial charge on any atom is 0.0411 e. The lowest BCUT2D eigenvalue weighted by Gasteiger charge is -2.07. The first-order chi connectivity index (χ1) is 8.65. The van der Waals surface area contributed by atoms with Gasteiger partial charge in [0, 0.05) is 10.0 Å². The van der Waals surface area contributed by atoms with E-state index in [4.69, 9.17) is 23.2 Å². The van der Waals surface area contributed by atoms with E-state index >= 15 is 0 Å². The van der Waals surface area contributed by atoms with Crippen molar-refractivity contribution in [3.63, 3.8) is 0 Å². The molecule has 0 spiro atoms. The second-order valence-electron chi connectivity index (χ2n) is 4.26. The summed E-state index contributed by atoms with van der Waals surface area (Å²) < 4.78 is 0. The van der Waals surface area contributed by atoms with Crippen molar-refractivity contribution in [2.75, 3.05) is 0 Å². The highest BCUT2D eigenvalue weighted by atomic mass is 35.5. The minimum Gasteiger partial charge on any atom is -0.0843 e. The standard InChI is InChI=1S/C16H14Cl2/c1-12(14-5-3-7-16(18)11-14)8-9-13-4-2-6-15(17)10-13/h2-12H,1H3/b9-8+. The number of benzene rings is 2. The molecule has 0 saturated carbocycles. The Balaban J connectivity index is 2.14. The molecule has 0 heterocycles. The predicted molar refractivity (Wildman–Crippen MR) is 80.4 cm³/mol. The van der Waals surface area contributed by atoms with Crippen LogP contribution in [0.2, 0.25) is 10.0 Å². The van der Waals surface area contributed by atoms with Crippen molar-refractivity contribution in [2.45, 2.75) is 12.8 Å². The van der Waals surface area contributed by atoms with E-state index in [1.807, 2.05) is 42.5 Å². The number of rotatable bonds is 3. The van der Waals surface area contributed by atoms with Crippen LogP contribution in [0.5, 0.6) is 0 Å². The van der Waals surface area contributed by atoms with Crippen LogP contribution in [0.1, 0.15) is 24.0 Å². The highest BCUT2D eigenvalue weighted by molar-refractivity contribution is 6.31. The van der Waals surface area contributed by atoms with Crippen LogP contribution in [-0.2, 0) is 0 Å². The fourth-order valence-corrected chi connectivity index (χ4v) is 2.16. The van der Waals surface area contributed by atoms with Gasteiger partial charge in [-0.3, -0.25) is 0 Å². The van der Waals surface area contributed by atoms with E-state index in [2.05, 4.69) is 25.1 Å². The Bertz CT molecular complexity index is 559. The monoisotopic (exact) mass is 276 g/mol. The number of hydrogen-bond acceptors (Lipinski definition) is 0. The topological polar surface area (TPSA) is 0 Å². The summed E-state index contributed by atoms with van der Waals surface area (Å²) in [4.78, 5) is 0. The molecule has 0 N–H and O–H groups in total. The lowest BCUT2D eigenvalue weighted by atomic mass is 10.00. The molecule has 1 unspecified atom stereocenters. The first-order valence-electron chi connectivity index (χ1n) is 5.84. The molecule has 0 aliphatic carbocycles. The largest absolute Gasteiger partial charge is 0.0843 e. The van der Waals surface area contributed by atoms with Crippen molar-refractivity contribution >= 4 is 29.3 Å².